The van der Waals surface area contributed by atoms with Crippen molar-refractivity contribution in [2.75, 3.05) is 0 Å². The van der Waals surface area contributed by atoms with Gasteiger partial charge in [0.15, 0.2) is 5.78 Å². The number of carbonyl (C=O) groups excluding carboxylic acids is 2. The molecule has 0 aliphatic carbocycles. The fraction of sp³-hybridized carbons (Fsp3) is 0.474. The van der Waals surface area contributed by atoms with Crippen LogP contribution in [0.4, 0.5) is 0 Å². The molecule has 2 aromatic rings. The Morgan fingerprint density at radius 3 is 2.75 bits per heavy atom. The van der Waals surface area contributed by atoms with E-state index in [1.165, 1.54) is 10.9 Å². The number of amides is 1. The number of hydrogen-bond donors (Lipinski definition) is 3. The zero-order valence-corrected chi connectivity index (χ0v) is 14.3. The molecule has 1 aliphatic rings. The zero-order valence-electron chi connectivity index (χ0n) is 14.3. The van der Waals surface area contributed by atoms with Crippen molar-refractivity contribution in [3.63, 3.8) is 0 Å². The second-order valence-corrected chi connectivity index (χ2v) is 7.16. The lowest BCUT2D eigenvalue weighted by molar-refractivity contribution is -0.128. The fourth-order valence-electron chi connectivity index (χ4n) is 3.62. The average Bonchev–Trinajstić information content (AvgIpc) is 2.91. The summed E-state index contributed by atoms with van der Waals surface area (Å²) in [6, 6.07) is 7.91. The van der Waals surface area contributed by atoms with Crippen LogP contribution in [0.15, 0.2) is 24.3 Å². The highest BCUT2D eigenvalue weighted by Gasteiger charge is 2.29. The minimum atomic E-state index is -0.374. The summed E-state index contributed by atoms with van der Waals surface area (Å²) in [6.45, 7) is 4.72. The average molecular weight is 327 g/mol. The highest BCUT2D eigenvalue weighted by Crippen LogP contribution is 2.27. The van der Waals surface area contributed by atoms with Crippen LogP contribution in [0.25, 0.3) is 10.9 Å². The number of aromatic nitrogens is 1. The maximum Gasteiger partial charge on any atom is 0.220 e. The largest absolute Gasteiger partial charge is 0.369 e. The monoisotopic (exact) mass is 327 g/mol. The van der Waals surface area contributed by atoms with Gasteiger partial charge >= 0.3 is 0 Å². The first-order valence-electron chi connectivity index (χ1n) is 8.59. The maximum absolute atomic E-state index is 12.7. The standard InChI is InChI=1S/C19H25N3O2/c1-11(2)7-12(19(20)24)8-18(23)16-9-14-13-5-3-4-6-15(13)22-17(14)10-21-16/h3-6,11-12,16,21-22H,7-10H2,1-2H3,(H2,20,24)/t12-,16-/m1/s1. The third kappa shape index (κ3) is 3.36. The molecule has 5 nitrogen and oxygen atoms in total. The molecule has 0 spiro atoms. The molecule has 1 amide bonds. The Hall–Kier alpha value is -2.14. The molecule has 2 atom stereocenters. The van der Waals surface area contributed by atoms with Crippen molar-refractivity contribution in [3.05, 3.63) is 35.5 Å². The summed E-state index contributed by atoms with van der Waals surface area (Å²) in [7, 11) is 0. The Kier molecular flexibility index (Phi) is 4.71. The van der Waals surface area contributed by atoms with Crippen LogP contribution >= 0.6 is 0 Å². The lowest BCUT2D eigenvalue weighted by atomic mass is 9.87. The molecule has 1 aromatic heterocycles. The van der Waals surface area contributed by atoms with E-state index in [-0.39, 0.29) is 30.1 Å². The van der Waals surface area contributed by atoms with E-state index in [1.54, 1.807) is 0 Å². The van der Waals surface area contributed by atoms with E-state index in [4.69, 9.17) is 5.73 Å². The van der Waals surface area contributed by atoms with E-state index in [9.17, 15) is 9.59 Å². The van der Waals surface area contributed by atoms with Crippen LogP contribution in [0.5, 0.6) is 0 Å². The van der Waals surface area contributed by atoms with Gasteiger partial charge in [-0.2, -0.15) is 0 Å². The van der Waals surface area contributed by atoms with Gasteiger partial charge in [0.05, 0.1) is 6.04 Å². The molecule has 128 valence electrons. The highest BCUT2D eigenvalue weighted by atomic mass is 16.1. The van der Waals surface area contributed by atoms with Crippen molar-refractivity contribution in [3.8, 4) is 0 Å². The number of nitrogens with one attached hydrogen (secondary N) is 2. The smallest absolute Gasteiger partial charge is 0.220 e. The van der Waals surface area contributed by atoms with Crippen molar-refractivity contribution in [1.29, 1.82) is 0 Å². The Bertz CT molecular complexity index is 763. The third-order valence-electron chi connectivity index (χ3n) is 4.83. The van der Waals surface area contributed by atoms with Crippen LogP contribution in [0.3, 0.4) is 0 Å². The first-order chi connectivity index (χ1) is 11.5. The first kappa shape index (κ1) is 16.7. The molecule has 0 bridgehead atoms. The van der Waals surface area contributed by atoms with E-state index in [0.29, 0.717) is 25.3 Å². The van der Waals surface area contributed by atoms with Gasteiger partial charge in [0, 0.05) is 35.5 Å². The molecule has 0 radical (unpaired) electrons. The van der Waals surface area contributed by atoms with Crippen LogP contribution in [-0.4, -0.2) is 22.7 Å². The summed E-state index contributed by atoms with van der Waals surface area (Å²) < 4.78 is 0. The first-order valence-corrected chi connectivity index (χ1v) is 8.59. The quantitative estimate of drug-likeness (QED) is 0.760. The maximum atomic E-state index is 12.7. The van der Waals surface area contributed by atoms with Crippen molar-refractivity contribution >= 4 is 22.6 Å². The number of fused-ring (bicyclic) bond motifs is 3. The number of aromatic amines is 1. The number of benzene rings is 1. The minimum absolute atomic E-state index is 0.0791. The molecule has 24 heavy (non-hydrogen) atoms. The molecule has 0 saturated carbocycles. The van der Waals surface area contributed by atoms with E-state index < -0.39 is 0 Å². The number of hydrogen-bond acceptors (Lipinski definition) is 3. The molecular formula is C19H25N3O2. The van der Waals surface area contributed by atoms with E-state index in [2.05, 4.69) is 22.4 Å². The Morgan fingerprint density at radius 1 is 1.29 bits per heavy atom. The van der Waals surface area contributed by atoms with Gasteiger partial charge in [-0.1, -0.05) is 32.0 Å². The molecule has 4 N–H and O–H groups in total. The Balaban J connectivity index is 1.74. The lowest BCUT2D eigenvalue weighted by Gasteiger charge is -2.25. The number of Topliss-reactive ketones (excluding diaryl/α,β-unsaturated/α-hetero) is 1. The van der Waals surface area contributed by atoms with E-state index in [1.807, 2.05) is 26.0 Å². The van der Waals surface area contributed by atoms with Crippen LogP contribution in [-0.2, 0) is 22.6 Å². The summed E-state index contributed by atoms with van der Waals surface area (Å²) in [5, 5.41) is 4.48. The van der Waals surface area contributed by atoms with Crippen molar-refractivity contribution in [1.82, 2.24) is 10.3 Å². The number of ketones is 1. The van der Waals surface area contributed by atoms with Crippen molar-refractivity contribution in [2.45, 2.75) is 45.7 Å². The Labute approximate surface area is 142 Å². The number of para-hydroxylation sites is 1. The van der Waals surface area contributed by atoms with Crippen LogP contribution in [0.1, 0.15) is 37.9 Å². The van der Waals surface area contributed by atoms with Crippen LogP contribution < -0.4 is 11.1 Å². The van der Waals surface area contributed by atoms with Crippen LogP contribution in [0, 0.1) is 11.8 Å². The second-order valence-electron chi connectivity index (χ2n) is 7.16. The Morgan fingerprint density at radius 2 is 2.04 bits per heavy atom. The topological polar surface area (TPSA) is 88.0 Å². The molecule has 0 fully saturated rings. The predicted octanol–water partition coefficient (Wildman–Crippen LogP) is 2.29. The van der Waals surface area contributed by atoms with Gasteiger partial charge in [-0.25, -0.2) is 0 Å². The predicted molar refractivity (Wildman–Crippen MR) is 94.4 cm³/mol. The van der Waals surface area contributed by atoms with Gasteiger partial charge in [0.1, 0.15) is 0 Å². The van der Waals surface area contributed by atoms with Gasteiger partial charge < -0.3 is 16.0 Å². The fourth-order valence-corrected chi connectivity index (χ4v) is 3.62. The number of nitrogens with two attached hydrogens (primary N) is 1. The number of H-pyrrole nitrogens is 1. The van der Waals surface area contributed by atoms with Gasteiger partial charge in [-0.05, 0) is 30.4 Å². The molecule has 5 heteroatoms. The second kappa shape index (κ2) is 6.77. The summed E-state index contributed by atoms with van der Waals surface area (Å²) in [4.78, 5) is 27.7. The number of rotatable bonds is 6. The molecule has 2 heterocycles. The molecule has 0 saturated heterocycles. The van der Waals surface area contributed by atoms with E-state index >= 15 is 0 Å². The summed E-state index contributed by atoms with van der Waals surface area (Å²) >= 11 is 0. The van der Waals surface area contributed by atoms with Gasteiger partial charge in [-0.15, -0.1) is 0 Å². The number of primary amides is 1. The van der Waals surface area contributed by atoms with Gasteiger partial charge in [0.2, 0.25) is 5.91 Å². The summed E-state index contributed by atoms with van der Waals surface area (Å²) in [6.07, 6.45) is 1.54. The third-order valence-corrected chi connectivity index (χ3v) is 4.83. The molecular weight excluding hydrogens is 302 g/mol. The van der Waals surface area contributed by atoms with E-state index in [0.717, 1.165) is 11.2 Å². The highest BCUT2D eigenvalue weighted by molar-refractivity contribution is 5.91. The molecule has 1 aromatic carbocycles. The van der Waals surface area contributed by atoms with Gasteiger partial charge in [0.25, 0.3) is 0 Å². The van der Waals surface area contributed by atoms with Crippen LogP contribution in [0.2, 0.25) is 0 Å². The number of carbonyl (C=O) groups is 2. The summed E-state index contributed by atoms with van der Waals surface area (Å²) in [5.74, 6) is -0.325. The van der Waals surface area contributed by atoms with Gasteiger partial charge in [-0.3, -0.25) is 9.59 Å². The molecule has 1 aliphatic heterocycles. The lowest BCUT2D eigenvalue weighted by Crippen LogP contribution is -2.43. The van der Waals surface area contributed by atoms with Crippen molar-refractivity contribution in [2.24, 2.45) is 17.6 Å². The van der Waals surface area contributed by atoms with Crippen molar-refractivity contribution < 1.29 is 9.59 Å². The SMILES string of the molecule is CC(C)C[C@H](CC(=O)[C@H]1Cc2c([nH]c3ccccc23)CN1)C(N)=O. The molecule has 0 unspecified atom stereocenters. The summed E-state index contributed by atoms with van der Waals surface area (Å²) in [5.41, 5.74) is 8.94. The normalized spacial score (nSPS) is 18.5. The molecule has 3 rings (SSSR count). The zero-order chi connectivity index (χ0) is 17.3. The minimum Gasteiger partial charge on any atom is -0.369 e.